The second-order valence-corrected chi connectivity index (χ2v) is 5.40. The molecule has 0 fully saturated rings. The van der Waals surface area contributed by atoms with E-state index < -0.39 is 0 Å². The van der Waals surface area contributed by atoms with Gasteiger partial charge in [-0.05, 0) is 30.3 Å². The number of amides is 1. The molecule has 0 bridgehead atoms. The van der Waals surface area contributed by atoms with Crippen LogP contribution < -0.4 is 5.32 Å². The number of anilines is 1. The molecule has 4 nitrogen and oxygen atoms in total. The average Bonchev–Trinajstić information content (AvgIpc) is 3.12. The molecule has 2 heterocycles. The summed E-state index contributed by atoms with van der Waals surface area (Å²) in [6.45, 7) is 0. The Morgan fingerprint density at radius 1 is 1.14 bits per heavy atom. The zero-order valence-corrected chi connectivity index (χ0v) is 12.1. The topological polar surface area (TPSA) is 49.8 Å². The van der Waals surface area contributed by atoms with Crippen LogP contribution in [-0.2, 0) is 7.05 Å². The molecule has 1 amide bonds. The first-order valence-corrected chi connectivity index (χ1v) is 7.15. The number of benzene rings is 2. The Bertz CT molecular complexity index is 994. The van der Waals surface area contributed by atoms with Gasteiger partial charge in [0.1, 0.15) is 0 Å². The molecule has 4 rings (SSSR count). The molecule has 108 valence electrons. The third-order valence-corrected chi connectivity index (χ3v) is 3.98. The summed E-state index contributed by atoms with van der Waals surface area (Å²) >= 11 is 0. The quantitative estimate of drug-likeness (QED) is 0.577. The van der Waals surface area contributed by atoms with E-state index >= 15 is 0 Å². The Labute approximate surface area is 127 Å². The lowest BCUT2D eigenvalue weighted by molar-refractivity contribution is 0.102. The monoisotopic (exact) mass is 289 g/mol. The van der Waals surface area contributed by atoms with Gasteiger partial charge >= 0.3 is 0 Å². The lowest BCUT2D eigenvalue weighted by atomic mass is 10.1. The van der Waals surface area contributed by atoms with Crippen LogP contribution in [0.5, 0.6) is 0 Å². The summed E-state index contributed by atoms with van der Waals surface area (Å²) < 4.78 is 2.04. The fourth-order valence-corrected chi connectivity index (χ4v) is 2.79. The van der Waals surface area contributed by atoms with Gasteiger partial charge in [-0.1, -0.05) is 18.2 Å². The van der Waals surface area contributed by atoms with Crippen LogP contribution in [0.25, 0.3) is 21.8 Å². The molecule has 0 aliphatic carbocycles. The SMILES string of the molecule is Cn1ccc2cc(C(=O)Nc3c[nH]c4ccccc34)ccc21. The zero-order chi connectivity index (χ0) is 15.1. The number of aryl methyl sites for hydroxylation is 1. The van der Waals surface area contributed by atoms with E-state index in [9.17, 15) is 4.79 Å². The molecule has 0 spiro atoms. The number of nitrogens with zero attached hydrogens (tertiary/aromatic N) is 1. The Morgan fingerprint density at radius 3 is 2.91 bits per heavy atom. The molecule has 0 atom stereocenters. The lowest BCUT2D eigenvalue weighted by Crippen LogP contribution is -2.11. The summed E-state index contributed by atoms with van der Waals surface area (Å²) in [7, 11) is 1.99. The predicted molar refractivity (Wildman–Crippen MR) is 89.2 cm³/mol. The van der Waals surface area contributed by atoms with Crippen molar-refractivity contribution < 1.29 is 4.79 Å². The smallest absolute Gasteiger partial charge is 0.255 e. The molecule has 2 N–H and O–H groups in total. The van der Waals surface area contributed by atoms with Crippen LogP contribution in [0.2, 0.25) is 0 Å². The molecule has 2 aromatic heterocycles. The molecule has 22 heavy (non-hydrogen) atoms. The minimum Gasteiger partial charge on any atom is -0.359 e. The fraction of sp³-hybridized carbons (Fsp3) is 0.0556. The van der Waals surface area contributed by atoms with Crippen molar-refractivity contribution in [3.8, 4) is 0 Å². The lowest BCUT2D eigenvalue weighted by Gasteiger charge is -2.05. The van der Waals surface area contributed by atoms with Crippen molar-refractivity contribution in [2.24, 2.45) is 7.05 Å². The van der Waals surface area contributed by atoms with Gasteiger partial charge in [0.15, 0.2) is 0 Å². The maximum Gasteiger partial charge on any atom is 0.255 e. The minimum absolute atomic E-state index is 0.101. The number of carbonyl (C=O) groups is 1. The Hall–Kier alpha value is -3.01. The van der Waals surface area contributed by atoms with Crippen molar-refractivity contribution in [1.82, 2.24) is 9.55 Å². The van der Waals surface area contributed by atoms with Gasteiger partial charge in [0.25, 0.3) is 5.91 Å². The number of hydrogen-bond acceptors (Lipinski definition) is 1. The molecule has 0 saturated heterocycles. The third-order valence-electron chi connectivity index (χ3n) is 3.98. The van der Waals surface area contributed by atoms with Gasteiger partial charge in [-0.25, -0.2) is 0 Å². The highest BCUT2D eigenvalue weighted by Gasteiger charge is 2.10. The summed E-state index contributed by atoms with van der Waals surface area (Å²) in [5, 5.41) is 5.05. The van der Waals surface area contributed by atoms with E-state index in [0.29, 0.717) is 5.56 Å². The molecule has 2 aromatic carbocycles. The van der Waals surface area contributed by atoms with Crippen LogP contribution >= 0.6 is 0 Å². The first kappa shape index (κ1) is 12.7. The molecule has 0 saturated carbocycles. The number of fused-ring (bicyclic) bond motifs is 2. The highest BCUT2D eigenvalue weighted by Crippen LogP contribution is 2.24. The van der Waals surface area contributed by atoms with Crippen LogP contribution in [0.1, 0.15) is 10.4 Å². The molecule has 0 aliphatic rings. The molecule has 0 unspecified atom stereocenters. The number of para-hydroxylation sites is 1. The summed E-state index contributed by atoms with van der Waals surface area (Å²) in [5.74, 6) is -0.101. The van der Waals surface area contributed by atoms with E-state index in [1.165, 1.54) is 0 Å². The summed E-state index contributed by atoms with van der Waals surface area (Å²) in [5.41, 5.74) is 3.58. The molecule has 4 heteroatoms. The first-order chi connectivity index (χ1) is 10.7. The van der Waals surface area contributed by atoms with Crippen molar-refractivity contribution in [2.75, 3.05) is 5.32 Å². The van der Waals surface area contributed by atoms with E-state index in [2.05, 4.69) is 10.3 Å². The first-order valence-electron chi connectivity index (χ1n) is 7.15. The van der Waals surface area contributed by atoms with Gasteiger partial charge < -0.3 is 14.9 Å². The third kappa shape index (κ3) is 1.97. The van der Waals surface area contributed by atoms with Crippen LogP contribution in [-0.4, -0.2) is 15.5 Å². The van der Waals surface area contributed by atoms with E-state index in [-0.39, 0.29) is 5.91 Å². The second kappa shape index (κ2) is 4.77. The molecular weight excluding hydrogens is 274 g/mol. The highest BCUT2D eigenvalue weighted by atomic mass is 16.1. The van der Waals surface area contributed by atoms with Crippen molar-refractivity contribution in [2.45, 2.75) is 0 Å². The fourth-order valence-electron chi connectivity index (χ4n) is 2.79. The average molecular weight is 289 g/mol. The molecule has 4 aromatic rings. The Morgan fingerprint density at radius 2 is 2.00 bits per heavy atom. The highest BCUT2D eigenvalue weighted by molar-refractivity contribution is 6.10. The van der Waals surface area contributed by atoms with E-state index in [1.54, 1.807) is 0 Å². The Balaban J connectivity index is 1.68. The van der Waals surface area contributed by atoms with Crippen LogP contribution in [0.15, 0.2) is 60.9 Å². The van der Waals surface area contributed by atoms with Crippen molar-refractivity contribution in [3.05, 3.63) is 66.5 Å². The number of nitrogens with one attached hydrogen (secondary N) is 2. The predicted octanol–water partition coefficient (Wildman–Crippen LogP) is 3.91. The van der Waals surface area contributed by atoms with Crippen molar-refractivity contribution >= 4 is 33.4 Å². The zero-order valence-electron chi connectivity index (χ0n) is 12.1. The van der Waals surface area contributed by atoms with Crippen molar-refractivity contribution in [3.63, 3.8) is 0 Å². The number of hydrogen-bond donors (Lipinski definition) is 2. The van der Waals surface area contributed by atoms with Gasteiger partial charge in [-0.3, -0.25) is 4.79 Å². The number of rotatable bonds is 2. The van der Waals surface area contributed by atoms with Crippen LogP contribution in [0.4, 0.5) is 5.69 Å². The molecule has 0 aliphatic heterocycles. The summed E-state index contributed by atoms with van der Waals surface area (Å²) in [4.78, 5) is 15.6. The summed E-state index contributed by atoms with van der Waals surface area (Å²) in [6.07, 6.45) is 3.82. The number of aromatic nitrogens is 2. The molecule has 0 radical (unpaired) electrons. The normalized spacial score (nSPS) is 11.1. The van der Waals surface area contributed by atoms with Gasteiger partial charge in [-0.15, -0.1) is 0 Å². The van der Waals surface area contributed by atoms with Gasteiger partial charge in [0.2, 0.25) is 0 Å². The number of H-pyrrole nitrogens is 1. The molecular formula is C18H15N3O. The standard InChI is InChI=1S/C18H15N3O/c1-21-9-8-12-10-13(6-7-17(12)21)18(22)20-16-11-19-15-5-3-2-4-14(15)16/h2-11,19H,1H3,(H,20,22). The van der Waals surface area contributed by atoms with E-state index in [4.69, 9.17) is 0 Å². The maximum absolute atomic E-state index is 12.5. The van der Waals surface area contributed by atoms with Crippen LogP contribution in [0.3, 0.4) is 0 Å². The van der Waals surface area contributed by atoms with E-state index in [1.807, 2.05) is 72.5 Å². The van der Waals surface area contributed by atoms with E-state index in [0.717, 1.165) is 27.5 Å². The Kier molecular flexibility index (Phi) is 2.76. The number of aromatic amines is 1. The van der Waals surface area contributed by atoms with Gasteiger partial charge in [0, 0.05) is 46.8 Å². The second-order valence-electron chi connectivity index (χ2n) is 5.40. The minimum atomic E-state index is -0.101. The van der Waals surface area contributed by atoms with Crippen molar-refractivity contribution in [1.29, 1.82) is 0 Å². The van der Waals surface area contributed by atoms with Crippen LogP contribution in [0, 0.1) is 0 Å². The largest absolute Gasteiger partial charge is 0.359 e. The summed E-state index contributed by atoms with van der Waals surface area (Å²) in [6, 6.07) is 15.7. The maximum atomic E-state index is 12.5. The number of carbonyl (C=O) groups excluding carboxylic acids is 1. The van der Waals surface area contributed by atoms with Gasteiger partial charge in [-0.2, -0.15) is 0 Å². The van der Waals surface area contributed by atoms with Gasteiger partial charge in [0.05, 0.1) is 5.69 Å².